The van der Waals surface area contributed by atoms with Crippen molar-refractivity contribution in [1.29, 1.82) is 0 Å². The number of pyridine rings is 1. The van der Waals surface area contributed by atoms with E-state index >= 15 is 0 Å². The van der Waals surface area contributed by atoms with Crippen LogP contribution in [0.1, 0.15) is 24.5 Å². The normalized spacial score (nSPS) is 23.9. The van der Waals surface area contributed by atoms with Gasteiger partial charge in [-0.05, 0) is 83.3 Å². The summed E-state index contributed by atoms with van der Waals surface area (Å²) in [6.45, 7) is 6.07. The fraction of sp³-hybridized carbons (Fsp3) is 0.242. The molecule has 1 aromatic heterocycles. The summed E-state index contributed by atoms with van der Waals surface area (Å²) < 4.78 is 6.54. The molecule has 0 aliphatic carbocycles. The van der Waals surface area contributed by atoms with Crippen LogP contribution in [0, 0.1) is 11.8 Å². The molecule has 4 heteroatoms. The van der Waals surface area contributed by atoms with Gasteiger partial charge in [-0.25, -0.2) is 0 Å². The second-order valence-corrected chi connectivity index (χ2v) is 10.5. The second kappa shape index (κ2) is 8.98. The Bertz CT molecular complexity index is 1640. The summed E-state index contributed by atoms with van der Waals surface area (Å²) in [7, 11) is 0. The predicted molar refractivity (Wildman–Crippen MR) is 150 cm³/mol. The molecule has 3 saturated heterocycles. The van der Waals surface area contributed by atoms with Crippen LogP contribution in [0.25, 0.3) is 32.4 Å². The van der Waals surface area contributed by atoms with Crippen molar-refractivity contribution in [2.24, 2.45) is 11.8 Å². The Balaban J connectivity index is 1.27. The Hall–Kier alpha value is -3.73. The highest BCUT2D eigenvalue weighted by Gasteiger charge is 2.42. The number of piperidine rings is 3. The summed E-state index contributed by atoms with van der Waals surface area (Å²) in [5, 5.41) is 17.2. The van der Waals surface area contributed by atoms with Crippen molar-refractivity contribution in [2.45, 2.75) is 25.0 Å². The lowest BCUT2D eigenvalue weighted by molar-refractivity contribution is -0.0444. The summed E-state index contributed by atoms with van der Waals surface area (Å²) in [6, 6.07) is 27.0. The summed E-state index contributed by atoms with van der Waals surface area (Å²) in [4.78, 5) is 7.04. The maximum Gasteiger partial charge on any atom is 0.135 e. The minimum absolute atomic E-state index is 0.120. The van der Waals surface area contributed by atoms with E-state index < -0.39 is 6.10 Å². The molecule has 0 radical (unpaired) electrons. The van der Waals surface area contributed by atoms with Gasteiger partial charge in [0.25, 0.3) is 0 Å². The van der Waals surface area contributed by atoms with Crippen molar-refractivity contribution < 1.29 is 9.84 Å². The molecule has 0 spiro atoms. The molecule has 1 N–H and O–H groups in total. The third-order valence-corrected chi connectivity index (χ3v) is 8.54. The Morgan fingerprint density at radius 2 is 1.76 bits per heavy atom. The van der Waals surface area contributed by atoms with E-state index in [1.165, 1.54) is 17.2 Å². The Kier molecular flexibility index (Phi) is 5.45. The number of hydrogen-bond donors (Lipinski definition) is 1. The summed E-state index contributed by atoms with van der Waals surface area (Å²) in [6.07, 6.45) is 5.52. The Morgan fingerprint density at radius 1 is 0.946 bits per heavy atom. The topological polar surface area (TPSA) is 45.6 Å². The Labute approximate surface area is 216 Å². The first-order chi connectivity index (χ1) is 18.2. The molecule has 5 atom stereocenters. The summed E-state index contributed by atoms with van der Waals surface area (Å²) in [5.74, 6) is 2.70. The van der Waals surface area contributed by atoms with Gasteiger partial charge in [0.2, 0.25) is 0 Å². The van der Waals surface area contributed by atoms with E-state index in [1.807, 2.05) is 30.3 Å². The minimum atomic E-state index is -0.573. The lowest BCUT2D eigenvalue weighted by atomic mass is 9.73. The van der Waals surface area contributed by atoms with Crippen molar-refractivity contribution in [1.82, 2.24) is 9.88 Å². The lowest BCUT2D eigenvalue weighted by Gasteiger charge is -2.50. The molecular weight excluding hydrogens is 456 g/mol. The smallest absolute Gasteiger partial charge is 0.135 e. The molecule has 4 aromatic carbocycles. The molecular formula is C33H30N2O2. The number of nitrogens with zero attached hydrogens (tertiary/aromatic N) is 2. The monoisotopic (exact) mass is 486 g/mol. The zero-order valence-corrected chi connectivity index (χ0v) is 20.8. The van der Waals surface area contributed by atoms with Gasteiger partial charge >= 0.3 is 0 Å². The predicted octanol–water partition coefficient (Wildman–Crippen LogP) is 7.26. The molecule has 4 heterocycles. The molecule has 3 fully saturated rings. The molecule has 3 aliphatic rings. The van der Waals surface area contributed by atoms with Gasteiger partial charge in [0.15, 0.2) is 0 Å². The van der Waals surface area contributed by atoms with E-state index in [1.54, 1.807) is 6.20 Å². The largest absolute Gasteiger partial charge is 0.457 e. The number of aromatic nitrogens is 1. The number of aliphatic hydroxyl groups is 1. The van der Waals surface area contributed by atoms with Gasteiger partial charge in [-0.2, -0.15) is 0 Å². The van der Waals surface area contributed by atoms with Gasteiger partial charge < -0.3 is 9.84 Å². The van der Waals surface area contributed by atoms with Crippen molar-refractivity contribution in [3.05, 3.63) is 103 Å². The average Bonchev–Trinajstić information content (AvgIpc) is 2.96. The third kappa shape index (κ3) is 3.79. The molecule has 37 heavy (non-hydrogen) atoms. The molecule has 5 aromatic rings. The zero-order valence-electron chi connectivity index (χ0n) is 20.8. The van der Waals surface area contributed by atoms with Gasteiger partial charge in [0.1, 0.15) is 11.5 Å². The first kappa shape index (κ1) is 22.5. The van der Waals surface area contributed by atoms with E-state index in [-0.39, 0.29) is 6.04 Å². The van der Waals surface area contributed by atoms with Crippen molar-refractivity contribution >= 4 is 32.4 Å². The first-order valence-electron chi connectivity index (χ1n) is 13.2. The van der Waals surface area contributed by atoms with Gasteiger partial charge in [0.05, 0.1) is 11.6 Å². The minimum Gasteiger partial charge on any atom is -0.457 e. The maximum atomic E-state index is 11.6. The third-order valence-electron chi connectivity index (χ3n) is 8.54. The van der Waals surface area contributed by atoms with Crippen LogP contribution in [0.4, 0.5) is 0 Å². The molecule has 2 bridgehead atoms. The highest BCUT2D eigenvalue weighted by molar-refractivity contribution is 6.10. The van der Waals surface area contributed by atoms with Gasteiger partial charge in [-0.15, -0.1) is 6.58 Å². The van der Waals surface area contributed by atoms with Crippen LogP contribution in [0.5, 0.6) is 11.5 Å². The summed E-state index contributed by atoms with van der Waals surface area (Å²) in [5.41, 5.74) is 1.79. The quantitative estimate of drug-likeness (QED) is 0.210. The van der Waals surface area contributed by atoms with Crippen LogP contribution in [0.15, 0.2) is 97.7 Å². The van der Waals surface area contributed by atoms with Crippen molar-refractivity contribution in [2.75, 3.05) is 13.1 Å². The van der Waals surface area contributed by atoms with Gasteiger partial charge in [0, 0.05) is 29.6 Å². The number of rotatable bonds is 5. The zero-order chi connectivity index (χ0) is 24.9. The van der Waals surface area contributed by atoms with Gasteiger partial charge in [-0.3, -0.25) is 9.88 Å². The average molecular weight is 487 g/mol. The second-order valence-electron chi connectivity index (χ2n) is 10.5. The highest BCUT2D eigenvalue weighted by atomic mass is 16.5. The van der Waals surface area contributed by atoms with E-state index in [2.05, 4.69) is 71.1 Å². The number of fused-ring (bicyclic) bond motifs is 7. The van der Waals surface area contributed by atoms with Crippen LogP contribution in [0.3, 0.4) is 0 Å². The van der Waals surface area contributed by atoms with Crippen LogP contribution in [-0.4, -0.2) is 34.1 Å². The molecule has 1 unspecified atom stereocenters. The fourth-order valence-electron chi connectivity index (χ4n) is 6.61. The highest BCUT2D eigenvalue weighted by Crippen LogP contribution is 2.43. The van der Waals surface area contributed by atoms with Gasteiger partial charge in [-0.1, -0.05) is 54.6 Å². The van der Waals surface area contributed by atoms with Crippen molar-refractivity contribution in [3.63, 3.8) is 0 Å². The summed E-state index contributed by atoms with van der Waals surface area (Å²) >= 11 is 0. The molecule has 4 nitrogen and oxygen atoms in total. The lowest BCUT2D eigenvalue weighted by Crippen LogP contribution is -2.54. The van der Waals surface area contributed by atoms with E-state index in [4.69, 9.17) is 4.74 Å². The molecule has 0 amide bonds. The van der Waals surface area contributed by atoms with E-state index in [9.17, 15) is 5.11 Å². The SMILES string of the molecule is C=C[C@H]1CN2CC[C@H]1C[C@H]2[C@H](O)c1ccnc2ccc(Oc3cc4ccccc4c4ccccc34)cc12. The van der Waals surface area contributed by atoms with E-state index in [0.717, 1.165) is 58.2 Å². The first-order valence-corrected chi connectivity index (χ1v) is 13.2. The van der Waals surface area contributed by atoms with Crippen LogP contribution < -0.4 is 4.74 Å². The standard InChI is InChI=1S/C33H30N2O2/c1-2-21-20-35-16-14-22(21)17-31(35)33(36)28-13-15-34-30-12-11-24(19-29(28)30)37-32-18-23-7-3-4-8-25(23)26-9-5-6-10-27(26)32/h2-13,15,18-19,21-22,31,33,36H,1,14,16-17,20H2/t21-,22-,31-,33+/m0/s1. The maximum absolute atomic E-state index is 11.6. The molecule has 184 valence electrons. The van der Waals surface area contributed by atoms with Crippen LogP contribution >= 0.6 is 0 Å². The number of aliphatic hydroxyl groups excluding tert-OH is 1. The molecule has 8 rings (SSSR count). The van der Waals surface area contributed by atoms with Crippen LogP contribution in [0.2, 0.25) is 0 Å². The fourth-order valence-corrected chi connectivity index (χ4v) is 6.61. The van der Waals surface area contributed by atoms with Crippen molar-refractivity contribution in [3.8, 4) is 11.5 Å². The molecule has 3 aliphatic heterocycles. The number of hydrogen-bond acceptors (Lipinski definition) is 4. The Morgan fingerprint density at radius 3 is 2.57 bits per heavy atom. The number of benzene rings is 4. The van der Waals surface area contributed by atoms with E-state index in [0.29, 0.717) is 11.8 Å². The molecule has 0 saturated carbocycles. The number of ether oxygens (including phenoxy) is 1. The van der Waals surface area contributed by atoms with Crippen LogP contribution in [-0.2, 0) is 0 Å².